The number of aromatic nitrogens is 1. The van der Waals surface area contributed by atoms with Gasteiger partial charge in [0.15, 0.2) is 0 Å². The largest absolute Gasteiger partial charge is 0.573 e. The SMILES string of the molecule is O=C(c1ccc(OC(F)(F)F)cc1)N1CCNCC1COc1cccnc1. The minimum absolute atomic E-state index is 0.211. The highest BCUT2D eigenvalue weighted by atomic mass is 19.4. The molecule has 1 amide bonds. The summed E-state index contributed by atoms with van der Waals surface area (Å²) in [4.78, 5) is 18.4. The fraction of sp³-hybridized carbons (Fsp3) is 0.333. The van der Waals surface area contributed by atoms with E-state index in [0.717, 1.165) is 12.1 Å². The Labute approximate surface area is 153 Å². The Morgan fingerprint density at radius 2 is 2.00 bits per heavy atom. The van der Waals surface area contributed by atoms with E-state index in [9.17, 15) is 18.0 Å². The molecule has 0 bridgehead atoms. The van der Waals surface area contributed by atoms with Gasteiger partial charge >= 0.3 is 6.36 Å². The van der Waals surface area contributed by atoms with E-state index < -0.39 is 6.36 Å². The average Bonchev–Trinajstić information content (AvgIpc) is 2.66. The quantitative estimate of drug-likeness (QED) is 0.862. The Bertz CT molecular complexity index is 754. The maximum Gasteiger partial charge on any atom is 0.573 e. The minimum Gasteiger partial charge on any atom is -0.490 e. The molecule has 1 fully saturated rings. The summed E-state index contributed by atoms with van der Waals surface area (Å²) in [6, 6.07) is 8.22. The Morgan fingerprint density at radius 3 is 2.67 bits per heavy atom. The Balaban J connectivity index is 1.65. The highest BCUT2D eigenvalue weighted by Gasteiger charge is 2.31. The van der Waals surface area contributed by atoms with Crippen molar-refractivity contribution >= 4 is 5.91 Å². The number of nitrogens with zero attached hydrogens (tertiary/aromatic N) is 2. The van der Waals surface area contributed by atoms with Crippen molar-refractivity contribution in [1.29, 1.82) is 0 Å². The smallest absolute Gasteiger partial charge is 0.490 e. The van der Waals surface area contributed by atoms with Gasteiger partial charge in [-0.1, -0.05) is 0 Å². The van der Waals surface area contributed by atoms with Crippen molar-refractivity contribution in [2.24, 2.45) is 0 Å². The second kappa shape index (κ2) is 8.26. The lowest BCUT2D eigenvalue weighted by molar-refractivity contribution is -0.274. The van der Waals surface area contributed by atoms with Gasteiger partial charge in [0.05, 0.1) is 12.2 Å². The molecule has 1 aromatic heterocycles. The molecule has 1 unspecified atom stereocenters. The summed E-state index contributed by atoms with van der Waals surface area (Å²) >= 11 is 0. The zero-order chi connectivity index (χ0) is 19.3. The first-order chi connectivity index (χ1) is 12.9. The third kappa shape index (κ3) is 5.33. The average molecular weight is 381 g/mol. The number of alkyl halides is 3. The zero-order valence-electron chi connectivity index (χ0n) is 14.3. The predicted molar refractivity (Wildman–Crippen MR) is 90.6 cm³/mol. The molecule has 2 heterocycles. The molecular formula is C18H18F3N3O3. The molecular weight excluding hydrogens is 363 g/mol. The van der Waals surface area contributed by atoms with E-state index in [4.69, 9.17) is 4.74 Å². The van der Waals surface area contributed by atoms with Gasteiger partial charge < -0.3 is 19.7 Å². The van der Waals surface area contributed by atoms with Crippen molar-refractivity contribution in [2.75, 3.05) is 26.2 Å². The lowest BCUT2D eigenvalue weighted by Gasteiger charge is -2.36. The van der Waals surface area contributed by atoms with Crippen molar-refractivity contribution in [3.8, 4) is 11.5 Å². The maximum absolute atomic E-state index is 12.8. The van der Waals surface area contributed by atoms with Crippen LogP contribution in [0.2, 0.25) is 0 Å². The number of rotatable bonds is 5. The second-order valence-corrected chi connectivity index (χ2v) is 5.93. The number of benzene rings is 1. The van der Waals surface area contributed by atoms with Crippen LogP contribution in [0.25, 0.3) is 0 Å². The van der Waals surface area contributed by atoms with E-state index >= 15 is 0 Å². The summed E-state index contributed by atoms with van der Waals surface area (Å²) in [5.41, 5.74) is 0.290. The first-order valence-electron chi connectivity index (χ1n) is 8.33. The maximum atomic E-state index is 12.8. The number of halogens is 3. The molecule has 1 N–H and O–H groups in total. The van der Waals surface area contributed by atoms with Crippen LogP contribution in [-0.4, -0.2) is 54.4 Å². The number of piperazine rings is 1. The topological polar surface area (TPSA) is 63.7 Å². The van der Waals surface area contributed by atoms with Crippen molar-refractivity contribution in [3.05, 3.63) is 54.4 Å². The third-order valence-corrected chi connectivity index (χ3v) is 4.02. The second-order valence-electron chi connectivity index (χ2n) is 5.93. The molecule has 9 heteroatoms. The van der Waals surface area contributed by atoms with Crippen LogP contribution >= 0.6 is 0 Å². The molecule has 0 aliphatic carbocycles. The first kappa shape index (κ1) is 19.0. The lowest BCUT2D eigenvalue weighted by atomic mass is 10.1. The fourth-order valence-corrected chi connectivity index (χ4v) is 2.77. The molecule has 1 aliphatic rings. The predicted octanol–water partition coefficient (Wildman–Crippen LogP) is 2.47. The van der Waals surface area contributed by atoms with Gasteiger partial charge in [-0.25, -0.2) is 0 Å². The Hall–Kier alpha value is -2.81. The van der Waals surface area contributed by atoms with Gasteiger partial charge in [-0.3, -0.25) is 9.78 Å². The Kier molecular flexibility index (Phi) is 5.80. The third-order valence-electron chi connectivity index (χ3n) is 4.02. The van der Waals surface area contributed by atoms with Gasteiger partial charge in [0.25, 0.3) is 5.91 Å². The lowest BCUT2D eigenvalue weighted by Crippen LogP contribution is -2.55. The van der Waals surface area contributed by atoms with E-state index in [1.165, 1.54) is 12.1 Å². The number of carbonyl (C=O) groups is 1. The number of pyridine rings is 1. The van der Waals surface area contributed by atoms with Crippen molar-refractivity contribution in [1.82, 2.24) is 15.2 Å². The molecule has 1 aliphatic heterocycles. The molecule has 0 radical (unpaired) electrons. The van der Waals surface area contributed by atoms with Gasteiger partial charge in [-0.15, -0.1) is 13.2 Å². The van der Waals surface area contributed by atoms with E-state index in [-0.39, 0.29) is 29.9 Å². The van der Waals surface area contributed by atoms with Gasteiger partial charge in [0.2, 0.25) is 0 Å². The number of nitrogens with one attached hydrogen (secondary N) is 1. The molecule has 0 saturated carbocycles. The molecule has 0 spiro atoms. The van der Waals surface area contributed by atoms with Gasteiger partial charge in [0, 0.05) is 31.4 Å². The van der Waals surface area contributed by atoms with E-state index in [1.807, 2.05) is 0 Å². The zero-order valence-corrected chi connectivity index (χ0v) is 14.3. The van der Waals surface area contributed by atoms with Gasteiger partial charge in [-0.2, -0.15) is 0 Å². The van der Waals surface area contributed by atoms with E-state index in [1.54, 1.807) is 29.4 Å². The standard InChI is InChI=1S/C18H18F3N3O3/c19-18(20,21)27-15-5-3-13(4-6-15)17(25)24-9-8-23-10-14(24)12-26-16-2-1-7-22-11-16/h1-7,11,14,23H,8-10,12H2. The number of ether oxygens (including phenoxy) is 2. The van der Waals surface area contributed by atoms with Crippen LogP contribution < -0.4 is 14.8 Å². The van der Waals surface area contributed by atoms with Crippen LogP contribution in [0.1, 0.15) is 10.4 Å². The molecule has 3 rings (SSSR count). The number of hydrogen-bond acceptors (Lipinski definition) is 5. The molecule has 27 heavy (non-hydrogen) atoms. The summed E-state index contributed by atoms with van der Waals surface area (Å²) in [5, 5.41) is 3.21. The molecule has 144 valence electrons. The molecule has 6 nitrogen and oxygen atoms in total. The fourth-order valence-electron chi connectivity index (χ4n) is 2.77. The van der Waals surface area contributed by atoms with Crippen LogP contribution in [0.4, 0.5) is 13.2 Å². The van der Waals surface area contributed by atoms with Crippen molar-refractivity contribution in [3.63, 3.8) is 0 Å². The van der Waals surface area contributed by atoms with Crippen LogP contribution in [-0.2, 0) is 0 Å². The molecule has 2 aromatic rings. The first-order valence-corrected chi connectivity index (χ1v) is 8.33. The van der Waals surface area contributed by atoms with Crippen LogP contribution in [0, 0.1) is 0 Å². The summed E-state index contributed by atoms with van der Waals surface area (Å²) < 4.78 is 46.3. The highest BCUT2D eigenvalue weighted by molar-refractivity contribution is 5.94. The molecule has 1 aromatic carbocycles. The monoisotopic (exact) mass is 381 g/mol. The summed E-state index contributed by atoms with van der Waals surface area (Å²) in [6.07, 6.45) is -1.54. The highest BCUT2D eigenvalue weighted by Crippen LogP contribution is 2.23. The van der Waals surface area contributed by atoms with Crippen LogP contribution in [0.15, 0.2) is 48.8 Å². The van der Waals surface area contributed by atoms with Gasteiger partial charge in [-0.05, 0) is 36.4 Å². The summed E-state index contributed by atoms with van der Waals surface area (Å²) in [5.74, 6) is -0.0326. The van der Waals surface area contributed by atoms with Crippen LogP contribution in [0.5, 0.6) is 11.5 Å². The van der Waals surface area contributed by atoms with E-state index in [2.05, 4.69) is 15.0 Å². The Morgan fingerprint density at radius 1 is 1.22 bits per heavy atom. The number of amides is 1. The van der Waals surface area contributed by atoms with Crippen molar-refractivity contribution in [2.45, 2.75) is 12.4 Å². The summed E-state index contributed by atoms with van der Waals surface area (Å²) in [6.45, 7) is 1.94. The normalized spacial score (nSPS) is 17.4. The number of carbonyl (C=O) groups excluding carboxylic acids is 1. The van der Waals surface area contributed by atoms with Crippen molar-refractivity contribution < 1.29 is 27.4 Å². The summed E-state index contributed by atoms with van der Waals surface area (Å²) in [7, 11) is 0. The minimum atomic E-state index is -4.77. The number of hydrogen-bond donors (Lipinski definition) is 1. The molecule has 1 saturated heterocycles. The van der Waals surface area contributed by atoms with E-state index in [0.29, 0.717) is 25.4 Å². The molecule has 1 atom stereocenters. The van der Waals surface area contributed by atoms with Gasteiger partial charge in [0.1, 0.15) is 18.1 Å². The van der Waals surface area contributed by atoms with Crippen LogP contribution in [0.3, 0.4) is 0 Å².